The smallest absolute Gasteiger partial charge is 0.124 e. The molecule has 4 nitrogen and oxygen atoms in total. The van der Waals surface area contributed by atoms with Crippen molar-refractivity contribution in [3.63, 3.8) is 0 Å². The summed E-state index contributed by atoms with van der Waals surface area (Å²) >= 11 is 3.47. The molecule has 1 atom stereocenters. The van der Waals surface area contributed by atoms with Crippen molar-refractivity contribution < 1.29 is 9.47 Å². The molecule has 2 rings (SSSR count). The van der Waals surface area contributed by atoms with Gasteiger partial charge in [-0.1, -0.05) is 6.92 Å². The molecule has 0 spiro atoms. The van der Waals surface area contributed by atoms with E-state index in [0.29, 0.717) is 0 Å². The monoisotopic (exact) mass is 350 g/mol. The van der Waals surface area contributed by atoms with Crippen LogP contribution in [0.25, 0.3) is 0 Å². The zero-order chi connectivity index (χ0) is 15.2. The summed E-state index contributed by atoms with van der Waals surface area (Å²) in [5, 5.41) is 3.47. The van der Waals surface area contributed by atoms with Gasteiger partial charge in [-0.2, -0.15) is 0 Å². The van der Waals surface area contributed by atoms with E-state index in [4.69, 9.17) is 9.47 Å². The molecule has 0 radical (unpaired) electrons. The molecule has 0 aliphatic heterocycles. The molecule has 1 heterocycles. The van der Waals surface area contributed by atoms with Gasteiger partial charge < -0.3 is 14.8 Å². The van der Waals surface area contributed by atoms with Crippen molar-refractivity contribution in [2.75, 3.05) is 20.8 Å². The second-order valence-electron chi connectivity index (χ2n) is 4.54. The molecule has 0 amide bonds. The summed E-state index contributed by atoms with van der Waals surface area (Å²) in [6.45, 7) is 2.91. The van der Waals surface area contributed by atoms with E-state index < -0.39 is 0 Å². The topological polar surface area (TPSA) is 43.4 Å². The summed E-state index contributed by atoms with van der Waals surface area (Å²) in [4.78, 5) is 4.25. The molecule has 0 saturated heterocycles. The van der Waals surface area contributed by atoms with E-state index in [1.807, 2.05) is 24.4 Å². The van der Waals surface area contributed by atoms with E-state index in [-0.39, 0.29) is 6.04 Å². The number of pyridine rings is 1. The maximum absolute atomic E-state index is 5.50. The van der Waals surface area contributed by atoms with Crippen LogP contribution in [0.4, 0.5) is 0 Å². The molecule has 21 heavy (non-hydrogen) atoms. The molecule has 1 aromatic carbocycles. The lowest BCUT2D eigenvalue weighted by atomic mass is 9.98. The molecule has 0 fully saturated rings. The molecular weight excluding hydrogens is 332 g/mol. The predicted octanol–water partition coefficient (Wildman–Crippen LogP) is 3.56. The van der Waals surface area contributed by atoms with Crippen LogP contribution in [0.1, 0.15) is 24.1 Å². The van der Waals surface area contributed by atoms with Crippen LogP contribution in [0.3, 0.4) is 0 Å². The highest BCUT2D eigenvalue weighted by Crippen LogP contribution is 2.33. The first-order valence-corrected chi connectivity index (χ1v) is 7.54. The van der Waals surface area contributed by atoms with E-state index in [0.717, 1.165) is 33.6 Å². The lowest BCUT2D eigenvalue weighted by molar-refractivity contribution is 0.394. The van der Waals surface area contributed by atoms with Gasteiger partial charge in [-0.3, -0.25) is 4.98 Å². The van der Waals surface area contributed by atoms with E-state index in [9.17, 15) is 0 Å². The van der Waals surface area contributed by atoms with Crippen molar-refractivity contribution >= 4 is 15.9 Å². The highest BCUT2D eigenvalue weighted by atomic mass is 79.9. The van der Waals surface area contributed by atoms with Gasteiger partial charge in [0.15, 0.2) is 0 Å². The first-order chi connectivity index (χ1) is 10.2. The molecule has 1 unspecified atom stereocenters. The predicted molar refractivity (Wildman–Crippen MR) is 87.0 cm³/mol. The second kappa shape index (κ2) is 7.43. The average Bonchev–Trinajstić information content (AvgIpc) is 2.52. The van der Waals surface area contributed by atoms with Crippen LogP contribution < -0.4 is 14.8 Å². The van der Waals surface area contributed by atoms with Crippen molar-refractivity contribution in [3.05, 3.63) is 52.3 Å². The minimum absolute atomic E-state index is 0.00921. The third kappa shape index (κ3) is 3.74. The standard InChI is InChI=1S/C16H19BrN2O2/c1-4-19-16(11-7-12(17)10-18-9-11)14-8-13(20-2)5-6-15(14)21-3/h5-10,16,19H,4H2,1-3H3. The molecule has 0 aliphatic carbocycles. The van der Waals surface area contributed by atoms with Crippen molar-refractivity contribution in [2.24, 2.45) is 0 Å². The zero-order valence-electron chi connectivity index (χ0n) is 12.4. The number of aromatic nitrogens is 1. The molecular formula is C16H19BrN2O2. The maximum Gasteiger partial charge on any atom is 0.124 e. The summed E-state index contributed by atoms with van der Waals surface area (Å²) in [5.74, 6) is 1.62. The largest absolute Gasteiger partial charge is 0.497 e. The molecule has 0 saturated carbocycles. The Labute approximate surface area is 133 Å². The number of hydrogen-bond acceptors (Lipinski definition) is 4. The fourth-order valence-electron chi connectivity index (χ4n) is 2.26. The number of rotatable bonds is 6. The van der Waals surface area contributed by atoms with Gasteiger partial charge in [-0.05, 0) is 52.3 Å². The van der Waals surface area contributed by atoms with Crippen LogP contribution in [0.15, 0.2) is 41.1 Å². The number of halogens is 1. The molecule has 112 valence electrons. The van der Waals surface area contributed by atoms with Crippen molar-refractivity contribution in [3.8, 4) is 11.5 Å². The molecule has 2 aromatic rings. The first kappa shape index (κ1) is 15.8. The van der Waals surface area contributed by atoms with E-state index in [1.54, 1.807) is 20.4 Å². The summed E-state index contributed by atoms with van der Waals surface area (Å²) < 4.78 is 11.8. The van der Waals surface area contributed by atoms with Gasteiger partial charge in [0.1, 0.15) is 11.5 Å². The Morgan fingerprint density at radius 2 is 2.00 bits per heavy atom. The van der Waals surface area contributed by atoms with Crippen molar-refractivity contribution in [2.45, 2.75) is 13.0 Å². The number of nitrogens with one attached hydrogen (secondary N) is 1. The Bertz CT molecular complexity index is 605. The van der Waals surface area contributed by atoms with Crippen LogP contribution >= 0.6 is 15.9 Å². The Hall–Kier alpha value is -1.59. The lowest BCUT2D eigenvalue weighted by Crippen LogP contribution is -2.22. The minimum Gasteiger partial charge on any atom is -0.497 e. The maximum atomic E-state index is 5.50. The first-order valence-electron chi connectivity index (χ1n) is 6.75. The van der Waals surface area contributed by atoms with E-state index in [1.165, 1.54) is 0 Å². The number of benzene rings is 1. The third-order valence-corrected chi connectivity index (χ3v) is 3.65. The van der Waals surface area contributed by atoms with E-state index in [2.05, 4.69) is 39.2 Å². The molecule has 0 bridgehead atoms. The van der Waals surface area contributed by atoms with Gasteiger partial charge >= 0.3 is 0 Å². The highest BCUT2D eigenvalue weighted by molar-refractivity contribution is 9.10. The SMILES string of the molecule is CCNC(c1cncc(Br)c1)c1cc(OC)ccc1OC. The lowest BCUT2D eigenvalue weighted by Gasteiger charge is -2.21. The Balaban J connectivity index is 2.51. The van der Waals surface area contributed by atoms with Crippen LogP contribution in [-0.2, 0) is 0 Å². The van der Waals surface area contributed by atoms with Gasteiger partial charge in [0.2, 0.25) is 0 Å². The number of ether oxygens (including phenoxy) is 2. The van der Waals surface area contributed by atoms with E-state index >= 15 is 0 Å². The third-order valence-electron chi connectivity index (χ3n) is 3.22. The Morgan fingerprint density at radius 1 is 1.19 bits per heavy atom. The van der Waals surface area contributed by atoms with Gasteiger partial charge in [0.05, 0.1) is 20.3 Å². The van der Waals surface area contributed by atoms with Crippen LogP contribution in [0, 0.1) is 0 Å². The van der Waals surface area contributed by atoms with Gasteiger partial charge in [0.25, 0.3) is 0 Å². The van der Waals surface area contributed by atoms with Crippen LogP contribution in [0.2, 0.25) is 0 Å². The molecule has 1 aromatic heterocycles. The number of hydrogen-bond donors (Lipinski definition) is 1. The minimum atomic E-state index is -0.00921. The van der Waals surface area contributed by atoms with Crippen LogP contribution in [-0.4, -0.2) is 25.7 Å². The van der Waals surface area contributed by atoms with Gasteiger partial charge in [-0.25, -0.2) is 0 Å². The Kier molecular flexibility index (Phi) is 5.59. The normalized spacial score (nSPS) is 12.0. The molecule has 1 N–H and O–H groups in total. The molecule has 5 heteroatoms. The summed E-state index contributed by atoms with van der Waals surface area (Å²) in [6, 6.07) is 7.85. The zero-order valence-corrected chi connectivity index (χ0v) is 14.0. The average molecular weight is 351 g/mol. The van der Waals surface area contributed by atoms with Crippen LogP contribution in [0.5, 0.6) is 11.5 Å². The number of nitrogens with zero attached hydrogens (tertiary/aromatic N) is 1. The second-order valence-corrected chi connectivity index (χ2v) is 5.45. The van der Waals surface area contributed by atoms with Crippen molar-refractivity contribution in [1.82, 2.24) is 10.3 Å². The summed E-state index contributed by atoms with van der Waals surface area (Å²) in [5.41, 5.74) is 2.09. The number of methoxy groups -OCH3 is 2. The summed E-state index contributed by atoms with van der Waals surface area (Å²) in [6.07, 6.45) is 3.63. The fourth-order valence-corrected chi connectivity index (χ4v) is 2.65. The fraction of sp³-hybridized carbons (Fsp3) is 0.312. The quantitative estimate of drug-likeness (QED) is 0.864. The Morgan fingerprint density at radius 3 is 2.62 bits per heavy atom. The molecule has 0 aliphatic rings. The summed E-state index contributed by atoms with van der Waals surface area (Å²) in [7, 11) is 3.34. The highest BCUT2D eigenvalue weighted by Gasteiger charge is 2.19. The van der Waals surface area contributed by atoms with Gasteiger partial charge in [-0.15, -0.1) is 0 Å². The van der Waals surface area contributed by atoms with Gasteiger partial charge in [0, 0.05) is 22.4 Å². The van der Waals surface area contributed by atoms with Crippen molar-refractivity contribution in [1.29, 1.82) is 0 Å².